The summed E-state index contributed by atoms with van der Waals surface area (Å²) in [7, 11) is 2.05. The van der Waals surface area contributed by atoms with Crippen LogP contribution in [0, 0.1) is 0 Å². The fourth-order valence-corrected chi connectivity index (χ4v) is 2.05. The maximum Gasteiger partial charge on any atom is 0.328 e. The van der Waals surface area contributed by atoms with E-state index in [4.69, 9.17) is 5.11 Å². The van der Waals surface area contributed by atoms with Gasteiger partial charge < -0.3 is 15.3 Å². The van der Waals surface area contributed by atoms with Gasteiger partial charge in [-0.1, -0.05) is 0 Å². The predicted molar refractivity (Wildman–Crippen MR) is 78.9 cm³/mol. The number of carbonyl (C=O) groups excluding carboxylic acids is 1. The zero-order valence-corrected chi connectivity index (χ0v) is 12.0. The van der Waals surface area contributed by atoms with Crippen LogP contribution in [0.25, 0.3) is 6.08 Å². The van der Waals surface area contributed by atoms with Crippen molar-refractivity contribution in [3.8, 4) is 0 Å². The molecule has 0 saturated heterocycles. The Hall–Kier alpha value is -2.21. The summed E-state index contributed by atoms with van der Waals surface area (Å²) in [5, 5.41) is 11.5. The second-order valence-corrected chi connectivity index (χ2v) is 5.10. The second kappa shape index (κ2) is 6.99. The molecule has 0 radical (unpaired) electrons. The first-order valence-electron chi connectivity index (χ1n) is 6.91. The number of aliphatic carboxylic acids is 1. The highest BCUT2D eigenvalue weighted by atomic mass is 16.4. The first-order chi connectivity index (χ1) is 10.1. The summed E-state index contributed by atoms with van der Waals surface area (Å²) >= 11 is 0. The van der Waals surface area contributed by atoms with Crippen molar-refractivity contribution in [2.45, 2.75) is 18.9 Å². The smallest absolute Gasteiger partial charge is 0.328 e. The number of nitrogens with one attached hydrogen (secondary N) is 1. The molecule has 1 amide bonds. The van der Waals surface area contributed by atoms with E-state index >= 15 is 0 Å². The molecule has 1 aliphatic rings. The molecule has 1 saturated carbocycles. The van der Waals surface area contributed by atoms with E-state index in [-0.39, 0.29) is 5.91 Å². The van der Waals surface area contributed by atoms with Gasteiger partial charge in [0.25, 0.3) is 5.91 Å². The van der Waals surface area contributed by atoms with E-state index in [1.165, 1.54) is 31.3 Å². The van der Waals surface area contributed by atoms with Gasteiger partial charge in [-0.05, 0) is 32.0 Å². The van der Waals surface area contributed by atoms with Crippen LogP contribution in [0.4, 0.5) is 0 Å². The van der Waals surface area contributed by atoms with Gasteiger partial charge in [0, 0.05) is 48.7 Å². The lowest BCUT2D eigenvalue weighted by Gasteiger charge is -2.16. The molecule has 6 heteroatoms. The van der Waals surface area contributed by atoms with Crippen molar-refractivity contribution in [3.63, 3.8) is 0 Å². The fourth-order valence-electron chi connectivity index (χ4n) is 2.05. The molecule has 0 bridgehead atoms. The van der Waals surface area contributed by atoms with Crippen molar-refractivity contribution in [3.05, 3.63) is 35.7 Å². The number of likely N-dealkylation sites (N-methyl/N-ethyl adjacent to an activating group) is 1. The summed E-state index contributed by atoms with van der Waals surface area (Å²) in [4.78, 5) is 28.8. The number of rotatable bonds is 7. The van der Waals surface area contributed by atoms with Gasteiger partial charge in [-0.3, -0.25) is 9.78 Å². The SMILES string of the molecule is CN(CCNC(=O)c1ccncc1C=CC(=O)O)C1CC1. The van der Waals surface area contributed by atoms with Crippen LogP contribution in [0.3, 0.4) is 0 Å². The third-order valence-electron chi connectivity index (χ3n) is 3.42. The Kier molecular flexibility index (Phi) is 5.05. The number of carbonyl (C=O) groups is 2. The van der Waals surface area contributed by atoms with Gasteiger partial charge in [-0.2, -0.15) is 0 Å². The van der Waals surface area contributed by atoms with Crippen LogP contribution in [0.2, 0.25) is 0 Å². The van der Waals surface area contributed by atoms with E-state index in [1.807, 2.05) is 0 Å². The van der Waals surface area contributed by atoms with Crippen LogP contribution in [0.5, 0.6) is 0 Å². The van der Waals surface area contributed by atoms with Crippen molar-refractivity contribution >= 4 is 18.0 Å². The Morgan fingerprint density at radius 2 is 2.29 bits per heavy atom. The van der Waals surface area contributed by atoms with Gasteiger partial charge in [0.05, 0.1) is 0 Å². The predicted octanol–water partition coefficient (Wildman–Crippen LogP) is 1.00. The Morgan fingerprint density at radius 3 is 2.95 bits per heavy atom. The number of nitrogens with zero attached hydrogens (tertiary/aromatic N) is 2. The summed E-state index contributed by atoms with van der Waals surface area (Å²) < 4.78 is 0. The molecule has 1 aromatic heterocycles. The molecule has 1 heterocycles. The highest BCUT2D eigenvalue weighted by molar-refractivity contribution is 5.98. The molecule has 2 rings (SSSR count). The van der Waals surface area contributed by atoms with Gasteiger partial charge in [0.15, 0.2) is 0 Å². The minimum atomic E-state index is -1.06. The molecular formula is C15H19N3O3. The van der Waals surface area contributed by atoms with Crippen molar-refractivity contribution in [2.75, 3.05) is 20.1 Å². The first kappa shape index (κ1) is 15.2. The molecule has 0 aromatic carbocycles. The first-order valence-corrected chi connectivity index (χ1v) is 6.91. The minimum Gasteiger partial charge on any atom is -0.478 e. The average Bonchev–Trinajstić information content (AvgIpc) is 3.29. The number of carboxylic acid groups (broad SMARTS) is 1. The largest absolute Gasteiger partial charge is 0.478 e. The summed E-state index contributed by atoms with van der Waals surface area (Å²) in [5.41, 5.74) is 0.921. The number of pyridine rings is 1. The maximum absolute atomic E-state index is 12.1. The third-order valence-corrected chi connectivity index (χ3v) is 3.42. The fraction of sp³-hybridized carbons (Fsp3) is 0.400. The van der Waals surface area contributed by atoms with Crippen LogP contribution in [0.1, 0.15) is 28.8 Å². The standard InChI is InChI=1S/C15H19N3O3/c1-18(12-3-4-12)9-8-17-15(21)13-6-7-16-10-11(13)2-5-14(19)20/h2,5-7,10,12H,3-4,8-9H2,1H3,(H,17,21)(H,19,20). The molecule has 1 fully saturated rings. The van der Waals surface area contributed by atoms with Crippen LogP contribution >= 0.6 is 0 Å². The molecule has 0 unspecified atom stereocenters. The minimum absolute atomic E-state index is 0.216. The molecule has 1 aliphatic carbocycles. The van der Waals surface area contributed by atoms with Crippen molar-refractivity contribution in [2.24, 2.45) is 0 Å². The number of hydrogen-bond acceptors (Lipinski definition) is 4. The average molecular weight is 289 g/mol. The van der Waals surface area contributed by atoms with Gasteiger partial charge in [-0.25, -0.2) is 4.79 Å². The number of hydrogen-bond donors (Lipinski definition) is 2. The normalized spacial score (nSPS) is 14.6. The maximum atomic E-state index is 12.1. The quantitative estimate of drug-likeness (QED) is 0.732. The lowest BCUT2D eigenvalue weighted by Crippen LogP contribution is -2.34. The molecule has 0 aliphatic heterocycles. The van der Waals surface area contributed by atoms with Crippen molar-refractivity contribution in [1.29, 1.82) is 0 Å². The Morgan fingerprint density at radius 1 is 1.52 bits per heavy atom. The molecule has 6 nitrogen and oxygen atoms in total. The van der Waals surface area contributed by atoms with Gasteiger partial charge in [0.2, 0.25) is 0 Å². The van der Waals surface area contributed by atoms with E-state index in [2.05, 4.69) is 22.2 Å². The van der Waals surface area contributed by atoms with E-state index in [9.17, 15) is 9.59 Å². The Bertz CT molecular complexity index is 553. The highest BCUT2D eigenvalue weighted by Crippen LogP contribution is 2.24. The van der Waals surface area contributed by atoms with E-state index < -0.39 is 5.97 Å². The van der Waals surface area contributed by atoms with E-state index in [1.54, 1.807) is 6.07 Å². The molecule has 0 spiro atoms. The lowest BCUT2D eigenvalue weighted by atomic mass is 10.1. The third kappa shape index (κ3) is 4.68. The Labute approximate surface area is 123 Å². The zero-order chi connectivity index (χ0) is 15.2. The monoisotopic (exact) mass is 289 g/mol. The van der Waals surface area contributed by atoms with Crippen LogP contribution in [-0.2, 0) is 4.79 Å². The molecular weight excluding hydrogens is 270 g/mol. The lowest BCUT2D eigenvalue weighted by molar-refractivity contribution is -0.131. The molecule has 21 heavy (non-hydrogen) atoms. The van der Waals surface area contributed by atoms with Crippen molar-refractivity contribution in [1.82, 2.24) is 15.2 Å². The van der Waals surface area contributed by atoms with Gasteiger partial charge in [0.1, 0.15) is 0 Å². The van der Waals surface area contributed by atoms with Crippen LogP contribution in [0.15, 0.2) is 24.5 Å². The van der Waals surface area contributed by atoms with Crippen molar-refractivity contribution < 1.29 is 14.7 Å². The van der Waals surface area contributed by atoms with E-state index in [0.717, 1.165) is 12.6 Å². The molecule has 0 atom stereocenters. The van der Waals surface area contributed by atoms with Gasteiger partial charge in [-0.15, -0.1) is 0 Å². The summed E-state index contributed by atoms with van der Waals surface area (Å²) in [6, 6.07) is 2.25. The van der Waals surface area contributed by atoms with Crippen LogP contribution in [-0.4, -0.2) is 53.0 Å². The zero-order valence-electron chi connectivity index (χ0n) is 12.0. The molecule has 1 aromatic rings. The highest BCUT2D eigenvalue weighted by Gasteiger charge is 2.25. The summed E-state index contributed by atoms with van der Waals surface area (Å²) in [6.07, 6.45) is 7.83. The number of amides is 1. The number of aromatic nitrogens is 1. The van der Waals surface area contributed by atoms with E-state index in [0.29, 0.717) is 23.7 Å². The number of carboxylic acids is 1. The summed E-state index contributed by atoms with van der Waals surface area (Å²) in [6.45, 7) is 1.37. The molecule has 112 valence electrons. The Balaban J connectivity index is 1.93. The van der Waals surface area contributed by atoms with Crippen LogP contribution < -0.4 is 5.32 Å². The second-order valence-electron chi connectivity index (χ2n) is 5.10. The summed E-state index contributed by atoms with van der Waals surface area (Å²) in [5.74, 6) is -1.28. The topological polar surface area (TPSA) is 82.5 Å². The van der Waals surface area contributed by atoms with Gasteiger partial charge >= 0.3 is 5.97 Å². The molecule has 2 N–H and O–H groups in total.